The van der Waals surface area contributed by atoms with Gasteiger partial charge < -0.3 is 10.6 Å². The third-order valence-electron chi connectivity index (χ3n) is 5.04. The van der Waals surface area contributed by atoms with Gasteiger partial charge in [-0.1, -0.05) is 36.8 Å². The standard InChI is InChI=1S/C23H33N5.HI/c1-2-24-23(26-15-13-22-8-4-5-14-25-22)27-18-20-9-11-21(12-10-20)19-28-16-6-3-7-17-28;/h4-5,8-12,14H,2-3,6-7,13,15-19H2,1H3,(H2,24,26,27);1H. The second-order valence-corrected chi connectivity index (χ2v) is 7.35. The second-order valence-electron chi connectivity index (χ2n) is 7.35. The number of pyridine rings is 1. The quantitative estimate of drug-likeness (QED) is 0.323. The number of nitrogens with one attached hydrogen (secondary N) is 2. The lowest BCUT2D eigenvalue weighted by molar-refractivity contribution is 0.221. The van der Waals surface area contributed by atoms with Crippen LogP contribution in [0, 0.1) is 0 Å². The van der Waals surface area contributed by atoms with Crippen molar-refractivity contribution in [3.63, 3.8) is 0 Å². The first kappa shape index (κ1) is 23.6. The Morgan fingerprint density at radius 3 is 2.45 bits per heavy atom. The molecular weight excluding hydrogens is 473 g/mol. The van der Waals surface area contributed by atoms with Crippen LogP contribution >= 0.6 is 24.0 Å². The summed E-state index contributed by atoms with van der Waals surface area (Å²) in [6, 6.07) is 14.9. The van der Waals surface area contributed by atoms with Gasteiger partial charge in [-0.15, -0.1) is 24.0 Å². The molecule has 2 aromatic rings. The topological polar surface area (TPSA) is 52.6 Å². The van der Waals surface area contributed by atoms with Crippen LogP contribution in [-0.4, -0.2) is 42.0 Å². The predicted octanol–water partition coefficient (Wildman–Crippen LogP) is 3.98. The normalized spacial score (nSPS) is 14.9. The summed E-state index contributed by atoms with van der Waals surface area (Å²) < 4.78 is 0. The summed E-state index contributed by atoms with van der Waals surface area (Å²) in [6.07, 6.45) is 6.79. The number of nitrogens with zero attached hydrogens (tertiary/aromatic N) is 3. The molecule has 1 fully saturated rings. The largest absolute Gasteiger partial charge is 0.357 e. The fourth-order valence-corrected chi connectivity index (χ4v) is 3.49. The van der Waals surface area contributed by atoms with E-state index in [2.05, 4.69) is 57.8 Å². The average Bonchev–Trinajstić information content (AvgIpc) is 2.74. The van der Waals surface area contributed by atoms with Crippen molar-refractivity contribution >= 4 is 29.9 Å². The van der Waals surface area contributed by atoms with Gasteiger partial charge in [0, 0.05) is 37.9 Å². The Morgan fingerprint density at radius 1 is 1.00 bits per heavy atom. The highest BCUT2D eigenvalue weighted by atomic mass is 127. The van der Waals surface area contributed by atoms with Crippen molar-refractivity contribution in [3.8, 4) is 0 Å². The zero-order valence-corrected chi connectivity index (χ0v) is 19.8. The summed E-state index contributed by atoms with van der Waals surface area (Å²) in [6.45, 7) is 7.99. The number of benzene rings is 1. The number of hydrogen-bond acceptors (Lipinski definition) is 3. The number of guanidine groups is 1. The van der Waals surface area contributed by atoms with Gasteiger partial charge in [0.25, 0.3) is 0 Å². The van der Waals surface area contributed by atoms with Gasteiger partial charge in [-0.25, -0.2) is 4.99 Å². The zero-order chi connectivity index (χ0) is 19.4. The molecule has 0 unspecified atom stereocenters. The monoisotopic (exact) mass is 507 g/mol. The van der Waals surface area contributed by atoms with Crippen LogP contribution in [0.2, 0.25) is 0 Å². The van der Waals surface area contributed by atoms with Crippen molar-refractivity contribution in [2.45, 2.75) is 45.7 Å². The minimum atomic E-state index is 0. The Hall–Kier alpha value is -1.67. The molecule has 0 amide bonds. The van der Waals surface area contributed by atoms with Crippen molar-refractivity contribution in [1.29, 1.82) is 0 Å². The minimum Gasteiger partial charge on any atom is -0.357 e. The number of aromatic nitrogens is 1. The zero-order valence-electron chi connectivity index (χ0n) is 17.4. The van der Waals surface area contributed by atoms with Gasteiger partial charge in [-0.3, -0.25) is 9.88 Å². The maximum Gasteiger partial charge on any atom is 0.191 e. The lowest BCUT2D eigenvalue weighted by Gasteiger charge is -2.26. The van der Waals surface area contributed by atoms with Crippen LogP contribution in [0.4, 0.5) is 0 Å². The highest BCUT2D eigenvalue weighted by Gasteiger charge is 2.10. The van der Waals surface area contributed by atoms with Crippen LogP contribution in [0.15, 0.2) is 53.7 Å². The molecule has 0 bridgehead atoms. The molecule has 1 saturated heterocycles. The van der Waals surface area contributed by atoms with Crippen LogP contribution in [0.25, 0.3) is 0 Å². The molecule has 2 N–H and O–H groups in total. The maximum atomic E-state index is 4.72. The summed E-state index contributed by atoms with van der Waals surface area (Å²) in [7, 11) is 0. The summed E-state index contributed by atoms with van der Waals surface area (Å²) in [5.41, 5.74) is 3.73. The van der Waals surface area contributed by atoms with Gasteiger partial charge in [0.05, 0.1) is 6.54 Å². The maximum absolute atomic E-state index is 4.72. The van der Waals surface area contributed by atoms with E-state index in [9.17, 15) is 0 Å². The molecule has 1 aromatic heterocycles. The molecular formula is C23H34IN5. The van der Waals surface area contributed by atoms with Crippen LogP contribution in [0.5, 0.6) is 0 Å². The van der Waals surface area contributed by atoms with Gasteiger partial charge in [-0.2, -0.15) is 0 Å². The van der Waals surface area contributed by atoms with E-state index in [1.54, 1.807) is 0 Å². The first-order valence-corrected chi connectivity index (χ1v) is 10.6. The first-order chi connectivity index (χ1) is 13.8. The number of aliphatic imine (C=N–C) groups is 1. The van der Waals surface area contributed by atoms with E-state index >= 15 is 0 Å². The van der Waals surface area contributed by atoms with E-state index < -0.39 is 0 Å². The first-order valence-electron chi connectivity index (χ1n) is 10.6. The predicted molar refractivity (Wildman–Crippen MR) is 132 cm³/mol. The van der Waals surface area contributed by atoms with Crippen molar-refractivity contribution in [1.82, 2.24) is 20.5 Å². The van der Waals surface area contributed by atoms with Crippen molar-refractivity contribution in [2.24, 2.45) is 4.99 Å². The van der Waals surface area contributed by atoms with Gasteiger partial charge in [-0.05, 0) is 56.1 Å². The van der Waals surface area contributed by atoms with Crippen LogP contribution in [0.1, 0.15) is 43.0 Å². The number of likely N-dealkylation sites (tertiary alicyclic amines) is 1. The molecule has 3 rings (SSSR count). The second kappa shape index (κ2) is 13.5. The smallest absolute Gasteiger partial charge is 0.191 e. The molecule has 29 heavy (non-hydrogen) atoms. The number of halogens is 1. The average molecular weight is 507 g/mol. The van der Waals surface area contributed by atoms with E-state index in [1.165, 1.54) is 43.5 Å². The summed E-state index contributed by atoms with van der Waals surface area (Å²) in [5.74, 6) is 0.857. The van der Waals surface area contributed by atoms with Crippen molar-refractivity contribution in [3.05, 3.63) is 65.5 Å². The third-order valence-corrected chi connectivity index (χ3v) is 5.04. The molecule has 1 aromatic carbocycles. The molecule has 6 heteroatoms. The lowest BCUT2D eigenvalue weighted by Crippen LogP contribution is -2.38. The molecule has 5 nitrogen and oxygen atoms in total. The fourth-order valence-electron chi connectivity index (χ4n) is 3.49. The van der Waals surface area contributed by atoms with E-state index in [1.807, 2.05) is 18.3 Å². The summed E-state index contributed by atoms with van der Waals surface area (Å²) in [5, 5.41) is 6.71. The van der Waals surface area contributed by atoms with Crippen LogP contribution < -0.4 is 10.6 Å². The molecule has 0 radical (unpaired) electrons. The van der Waals surface area contributed by atoms with Gasteiger partial charge >= 0.3 is 0 Å². The molecule has 0 spiro atoms. The lowest BCUT2D eigenvalue weighted by atomic mass is 10.1. The Labute approximate surface area is 192 Å². The fraction of sp³-hybridized carbons (Fsp3) is 0.478. The SMILES string of the molecule is CCNC(=NCc1ccc(CN2CCCCC2)cc1)NCCc1ccccn1.I. The van der Waals surface area contributed by atoms with E-state index in [-0.39, 0.29) is 24.0 Å². The molecule has 158 valence electrons. The number of hydrogen-bond donors (Lipinski definition) is 2. The third kappa shape index (κ3) is 8.70. The summed E-state index contributed by atoms with van der Waals surface area (Å²) >= 11 is 0. The Morgan fingerprint density at radius 2 is 1.76 bits per heavy atom. The molecule has 0 saturated carbocycles. The van der Waals surface area contributed by atoms with Crippen molar-refractivity contribution < 1.29 is 0 Å². The highest BCUT2D eigenvalue weighted by Crippen LogP contribution is 2.14. The van der Waals surface area contributed by atoms with Gasteiger partial charge in [0.1, 0.15) is 0 Å². The van der Waals surface area contributed by atoms with E-state index in [4.69, 9.17) is 4.99 Å². The number of rotatable bonds is 8. The molecule has 2 heterocycles. The Kier molecular flexibility index (Phi) is 11.0. The van der Waals surface area contributed by atoms with E-state index in [0.717, 1.165) is 37.7 Å². The molecule has 0 atom stereocenters. The molecule has 0 aliphatic carbocycles. The molecule has 1 aliphatic heterocycles. The Bertz CT molecular complexity index is 712. The van der Waals surface area contributed by atoms with Gasteiger partial charge in [0.2, 0.25) is 0 Å². The van der Waals surface area contributed by atoms with Crippen LogP contribution in [0.3, 0.4) is 0 Å². The minimum absolute atomic E-state index is 0. The van der Waals surface area contributed by atoms with Crippen molar-refractivity contribution in [2.75, 3.05) is 26.2 Å². The van der Waals surface area contributed by atoms with Crippen LogP contribution in [-0.2, 0) is 19.5 Å². The van der Waals surface area contributed by atoms with E-state index in [0.29, 0.717) is 6.54 Å². The number of piperidine rings is 1. The van der Waals surface area contributed by atoms with Gasteiger partial charge in [0.15, 0.2) is 5.96 Å². The highest BCUT2D eigenvalue weighted by molar-refractivity contribution is 14.0. The molecule has 1 aliphatic rings. The summed E-state index contributed by atoms with van der Waals surface area (Å²) in [4.78, 5) is 11.6. The Balaban J connectivity index is 0.00000300.